The van der Waals surface area contributed by atoms with E-state index in [1.165, 1.54) is 30.5 Å². The van der Waals surface area contributed by atoms with Crippen LogP contribution < -0.4 is 0 Å². The summed E-state index contributed by atoms with van der Waals surface area (Å²) >= 11 is 0. The van der Waals surface area contributed by atoms with E-state index in [9.17, 15) is 5.11 Å². The molecule has 1 aliphatic heterocycles. The number of aliphatic hydroxyl groups excluding tert-OH is 1. The molecule has 0 saturated carbocycles. The number of hydrogen-bond donors (Lipinski definition) is 1. The van der Waals surface area contributed by atoms with Crippen molar-refractivity contribution in [3.8, 4) is 0 Å². The lowest BCUT2D eigenvalue weighted by Gasteiger charge is -2.36. The van der Waals surface area contributed by atoms with Crippen molar-refractivity contribution in [2.24, 2.45) is 0 Å². The van der Waals surface area contributed by atoms with Crippen LogP contribution in [0.3, 0.4) is 0 Å². The zero-order valence-electron chi connectivity index (χ0n) is 10.5. The van der Waals surface area contributed by atoms with Crippen LogP contribution in [0, 0.1) is 0 Å². The van der Waals surface area contributed by atoms with Gasteiger partial charge >= 0.3 is 0 Å². The summed E-state index contributed by atoms with van der Waals surface area (Å²) in [6, 6.07) is 9.30. The molecule has 2 aliphatic rings. The number of nitrogens with zero attached hydrogens (tertiary/aromatic N) is 1. The minimum Gasteiger partial charge on any atom is -0.393 e. The first-order chi connectivity index (χ1) is 8.25. The van der Waals surface area contributed by atoms with Crippen LogP contribution in [0.2, 0.25) is 0 Å². The number of likely N-dealkylation sites (tertiary alicyclic amines) is 1. The first-order valence-electron chi connectivity index (χ1n) is 6.72. The van der Waals surface area contributed by atoms with Crippen molar-refractivity contribution >= 4 is 0 Å². The first-order valence-corrected chi connectivity index (χ1v) is 6.72. The largest absolute Gasteiger partial charge is 0.393 e. The Balaban J connectivity index is 1.94. The molecule has 1 heterocycles. The Morgan fingerprint density at radius 3 is 2.88 bits per heavy atom. The Morgan fingerprint density at radius 1 is 1.29 bits per heavy atom. The summed E-state index contributed by atoms with van der Waals surface area (Å²) in [5.74, 6) is 0.530. The Bertz CT molecular complexity index is 404. The number of rotatable bonds is 1. The topological polar surface area (TPSA) is 23.5 Å². The van der Waals surface area contributed by atoms with Gasteiger partial charge in [-0.15, -0.1) is 0 Å². The Morgan fingerprint density at radius 2 is 2.12 bits per heavy atom. The molecule has 3 unspecified atom stereocenters. The molecule has 17 heavy (non-hydrogen) atoms. The van der Waals surface area contributed by atoms with Gasteiger partial charge in [0.25, 0.3) is 0 Å². The van der Waals surface area contributed by atoms with E-state index < -0.39 is 0 Å². The molecule has 1 fully saturated rings. The van der Waals surface area contributed by atoms with Crippen molar-refractivity contribution in [2.75, 3.05) is 13.6 Å². The summed E-state index contributed by atoms with van der Waals surface area (Å²) in [4.78, 5) is 2.47. The standard InChI is InChI=1S/C15H21NO/c1-16-8-4-7-15(16)14-10-12(17)9-11-5-2-3-6-13(11)14/h2-3,5-6,12,14-15,17H,4,7-10H2,1H3. The third kappa shape index (κ3) is 2.00. The van der Waals surface area contributed by atoms with E-state index in [2.05, 4.69) is 36.2 Å². The lowest BCUT2D eigenvalue weighted by atomic mass is 9.77. The highest BCUT2D eigenvalue weighted by Gasteiger charge is 2.35. The van der Waals surface area contributed by atoms with Gasteiger partial charge in [0.05, 0.1) is 6.10 Å². The predicted octanol–water partition coefficient (Wildman–Crippen LogP) is 2.17. The number of aliphatic hydroxyl groups is 1. The quantitative estimate of drug-likeness (QED) is 0.800. The molecule has 1 aromatic carbocycles. The summed E-state index contributed by atoms with van der Waals surface area (Å²) < 4.78 is 0. The van der Waals surface area contributed by atoms with Crippen LogP contribution in [0.25, 0.3) is 0 Å². The summed E-state index contributed by atoms with van der Waals surface area (Å²) in [6.07, 6.45) is 4.21. The van der Waals surface area contributed by atoms with Crippen LogP contribution in [-0.4, -0.2) is 35.7 Å². The maximum atomic E-state index is 10.1. The number of fused-ring (bicyclic) bond motifs is 1. The molecule has 0 amide bonds. The van der Waals surface area contributed by atoms with Crippen LogP contribution in [0.1, 0.15) is 36.3 Å². The molecule has 3 atom stereocenters. The van der Waals surface area contributed by atoms with Crippen molar-refractivity contribution < 1.29 is 5.11 Å². The first kappa shape index (κ1) is 11.2. The molecule has 0 bridgehead atoms. The van der Waals surface area contributed by atoms with E-state index in [1.807, 2.05) is 0 Å². The normalized spacial score (nSPS) is 33.6. The highest BCUT2D eigenvalue weighted by molar-refractivity contribution is 5.35. The van der Waals surface area contributed by atoms with Crippen LogP contribution >= 0.6 is 0 Å². The second-order valence-electron chi connectivity index (χ2n) is 5.59. The molecule has 1 N–H and O–H groups in total. The average Bonchev–Trinajstić information content (AvgIpc) is 2.74. The zero-order valence-corrected chi connectivity index (χ0v) is 10.5. The van der Waals surface area contributed by atoms with E-state index in [-0.39, 0.29) is 6.10 Å². The molecule has 1 aromatic rings. The van der Waals surface area contributed by atoms with Gasteiger partial charge in [-0.3, -0.25) is 0 Å². The average molecular weight is 231 g/mol. The Hall–Kier alpha value is -0.860. The van der Waals surface area contributed by atoms with E-state index in [4.69, 9.17) is 0 Å². The summed E-state index contributed by atoms with van der Waals surface area (Å²) in [7, 11) is 2.22. The van der Waals surface area contributed by atoms with E-state index >= 15 is 0 Å². The highest BCUT2D eigenvalue weighted by Crippen LogP contribution is 2.39. The smallest absolute Gasteiger partial charge is 0.0587 e. The van der Waals surface area contributed by atoms with Crippen LogP contribution in [0.5, 0.6) is 0 Å². The molecule has 2 heteroatoms. The van der Waals surface area contributed by atoms with Gasteiger partial charge in [-0.05, 0) is 50.4 Å². The molecule has 1 aliphatic carbocycles. The van der Waals surface area contributed by atoms with Gasteiger partial charge in [0.15, 0.2) is 0 Å². The van der Waals surface area contributed by atoms with Gasteiger partial charge < -0.3 is 10.0 Å². The molecular formula is C15H21NO. The van der Waals surface area contributed by atoms with Crippen LogP contribution in [0.15, 0.2) is 24.3 Å². The predicted molar refractivity (Wildman–Crippen MR) is 69.2 cm³/mol. The Kier molecular flexibility index (Phi) is 2.93. The highest BCUT2D eigenvalue weighted by atomic mass is 16.3. The molecule has 0 radical (unpaired) electrons. The second-order valence-corrected chi connectivity index (χ2v) is 5.59. The van der Waals surface area contributed by atoms with Crippen LogP contribution in [0.4, 0.5) is 0 Å². The van der Waals surface area contributed by atoms with Crippen LogP contribution in [-0.2, 0) is 6.42 Å². The molecule has 1 saturated heterocycles. The fourth-order valence-corrected chi connectivity index (χ4v) is 3.65. The second kappa shape index (κ2) is 4.43. The van der Waals surface area contributed by atoms with Gasteiger partial charge in [0.2, 0.25) is 0 Å². The van der Waals surface area contributed by atoms with Crippen molar-refractivity contribution in [1.82, 2.24) is 4.90 Å². The molecule has 92 valence electrons. The number of hydrogen-bond acceptors (Lipinski definition) is 2. The third-order valence-electron chi connectivity index (χ3n) is 4.48. The minimum atomic E-state index is -0.149. The summed E-state index contributed by atoms with van der Waals surface area (Å²) in [5.41, 5.74) is 2.84. The molecule has 0 spiro atoms. The molecule has 0 aromatic heterocycles. The van der Waals surface area contributed by atoms with Gasteiger partial charge in [-0.2, -0.15) is 0 Å². The van der Waals surface area contributed by atoms with E-state index in [0.29, 0.717) is 12.0 Å². The molecule has 2 nitrogen and oxygen atoms in total. The molecule has 3 rings (SSSR count). The minimum absolute atomic E-state index is 0.149. The SMILES string of the molecule is CN1CCCC1C1CC(O)Cc2ccccc21. The van der Waals surface area contributed by atoms with E-state index in [0.717, 1.165) is 12.8 Å². The zero-order chi connectivity index (χ0) is 11.8. The fourth-order valence-electron chi connectivity index (χ4n) is 3.65. The number of benzene rings is 1. The van der Waals surface area contributed by atoms with Crippen molar-refractivity contribution in [1.29, 1.82) is 0 Å². The summed E-state index contributed by atoms with van der Waals surface area (Å²) in [5, 5.41) is 10.1. The van der Waals surface area contributed by atoms with Crippen molar-refractivity contribution in [2.45, 2.75) is 43.7 Å². The monoisotopic (exact) mass is 231 g/mol. The summed E-state index contributed by atoms with van der Waals surface area (Å²) in [6.45, 7) is 1.21. The lowest BCUT2D eigenvalue weighted by molar-refractivity contribution is 0.125. The third-order valence-corrected chi connectivity index (χ3v) is 4.48. The Labute approximate surface area is 103 Å². The maximum Gasteiger partial charge on any atom is 0.0587 e. The van der Waals surface area contributed by atoms with Gasteiger partial charge in [-0.25, -0.2) is 0 Å². The van der Waals surface area contributed by atoms with E-state index in [1.54, 1.807) is 0 Å². The number of likely N-dealkylation sites (N-methyl/N-ethyl adjacent to an activating group) is 1. The van der Waals surface area contributed by atoms with Gasteiger partial charge in [-0.1, -0.05) is 24.3 Å². The fraction of sp³-hybridized carbons (Fsp3) is 0.600. The molecular weight excluding hydrogens is 210 g/mol. The van der Waals surface area contributed by atoms with Crippen molar-refractivity contribution in [3.63, 3.8) is 0 Å². The lowest BCUT2D eigenvalue weighted by Crippen LogP contribution is -2.36. The van der Waals surface area contributed by atoms with Gasteiger partial charge in [0, 0.05) is 12.0 Å². The van der Waals surface area contributed by atoms with Gasteiger partial charge in [0.1, 0.15) is 0 Å². The van der Waals surface area contributed by atoms with Crippen molar-refractivity contribution in [3.05, 3.63) is 35.4 Å². The maximum absolute atomic E-state index is 10.1.